The maximum Gasteiger partial charge on any atom is 0.296 e. The second kappa shape index (κ2) is 5.03. The highest BCUT2D eigenvalue weighted by atomic mass is 35.7. The summed E-state index contributed by atoms with van der Waals surface area (Å²) in [7, 11) is 2.95. The van der Waals surface area contributed by atoms with Crippen LogP contribution in [0.25, 0.3) is 0 Å². The zero-order valence-electron chi connectivity index (χ0n) is 9.62. The number of hydrogen-bond donors (Lipinski definition) is 0. The molecule has 0 atom stereocenters. The maximum atomic E-state index is 11.2. The lowest BCUT2D eigenvalue weighted by Gasteiger charge is -2.01. The van der Waals surface area contributed by atoms with Gasteiger partial charge in [0.15, 0.2) is 0 Å². The zero-order chi connectivity index (χ0) is 13.2. The van der Waals surface area contributed by atoms with E-state index in [1.54, 1.807) is 13.2 Å². The van der Waals surface area contributed by atoms with E-state index < -0.39 is 9.05 Å². The Bertz CT molecular complexity index is 639. The van der Waals surface area contributed by atoms with Crippen molar-refractivity contribution in [2.24, 2.45) is 7.05 Å². The van der Waals surface area contributed by atoms with Gasteiger partial charge in [0.1, 0.15) is 5.82 Å². The Morgan fingerprint density at radius 2 is 2.06 bits per heavy atom. The molecule has 0 amide bonds. The molecule has 0 saturated heterocycles. The fourth-order valence-electron chi connectivity index (χ4n) is 1.56. The van der Waals surface area contributed by atoms with Gasteiger partial charge in [-0.1, -0.05) is 6.07 Å². The van der Waals surface area contributed by atoms with Gasteiger partial charge in [-0.25, -0.2) is 8.42 Å². The third-order valence-electron chi connectivity index (χ3n) is 2.47. The largest absolute Gasteiger partial charge is 0.304 e. The van der Waals surface area contributed by atoms with Crippen LogP contribution in [0.2, 0.25) is 0 Å². The highest BCUT2D eigenvalue weighted by Gasteiger charge is 2.19. The topological polar surface area (TPSA) is 77.7 Å². The van der Waals surface area contributed by atoms with Crippen LogP contribution < -0.4 is 0 Å². The Morgan fingerprint density at radius 1 is 1.28 bits per heavy atom. The molecule has 0 unspecified atom stereocenters. The summed E-state index contributed by atoms with van der Waals surface area (Å²) in [4.78, 5) is 4.18. The molecular formula is C10H11ClN4O2S. The predicted octanol–water partition coefficient (Wildman–Crippen LogP) is 0.923. The molecule has 0 aromatic carbocycles. The fourth-order valence-corrected chi connectivity index (χ4v) is 2.53. The number of aryl methyl sites for hydroxylation is 2. The number of halogens is 1. The number of nitrogens with zero attached hydrogens (tertiary/aromatic N) is 4. The van der Waals surface area contributed by atoms with Gasteiger partial charge >= 0.3 is 0 Å². The quantitative estimate of drug-likeness (QED) is 0.781. The van der Waals surface area contributed by atoms with E-state index in [1.165, 1.54) is 4.57 Å². The first-order valence-electron chi connectivity index (χ1n) is 5.21. The Labute approximate surface area is 109 Å². The van der Waals surface area contributed by atoms with Crippen LogP contribution in [-0.4, -0.2) is 28.2 Å². The molecule has 0 fully saturated rings. The molecule has 0 spiro atoms. The van der Waals surface area contributed by atoms with E-state index in [9.17, 15) is 8.42 Å². The summed E-state index contributed by atoms with van der Waals surface area (Å²) in [5, 5.41) is 7.15. The van der Waals surface area contributed by atoms with Gasteiger partial charge in [0.25, 0.3) is 14.2 Å². The zero-order valence-corrected chi connectivity index (χ0v) is 11.2. The molecule has 0 radical (unpaired) electrons. The lowest BCUT2D eigenvalue weighted by molar-refractivity contribution is 0.590. The van der Waals surface area contributed by atoms with Crippen molar-refractivity contribution in [3.63, 3.8) is 0 Å². The summed E-state index contributed by atoms with van der Waals surface area (Å²) >= 11 is 0. The van der Waals surface area contributed by atoms with Crippen LogP contribution in [0.15, 0.2) is 29.6 Å². The summed E-state index contributed by atoms with van der Waals surface area (Å²) in [6, 6.07) is 5.63. The van der Waals surface area contributed by atoms with Crippen molar-refractivity contribution in [1.82, 2.24) is 19.7 Å². The molecule has 0 aliphatic heterocycles. The molecule has 0 bridgehead atoms. The molecule has 2 heterocycles. The standard InChI is InChI=1S/C10H11ClN4O2S/c1-15-9(13-14-10(15)18(11,16)17)6-5-8-4-2-3-7-12-8/h2-4,7H,5-6H2,1H3. The van der Waals surface area contributed by atoms with Crippen molar-refractivity contribution < 1.29 is 8.42 Å². The van der Waals surface area contributed by atoms with Crippen molar-refractivity contribution >= 4 is 19.7 Å². The van der Waals surface area contributed by atoms with Crippen molar-refractivity contribution in [2.75, 3.05) is 0 Å². The molecule has 0 N–H and O–H groups in total. The third kappa shape index (κ3) is 2.85. The fraction of sp³-hybridized carbons (Fsp3) is 0.300. The van der Waals surface area contributed by atoms with E-state index in [2.05, 4.69) is 15.2 Å². The van der Waals surface area contributed by atoms with Crippen LogP contribution in [-0.2, 0) is 28.9 Å². The van der Waals surface area contributed by atoms with Crippen LogP contribution in [0.4, 0.5) is 0 Å². The summed E-state index contributed by atoms with van der Waals surface area (Å²) in [5.74, 6) is 0.555. The number of hydrogen-bond acceptors (Lipinski definition) is 5. The van der Waals surface area contributed by atoms with Crippen molar-refractivity contribution in [3.8, 4) is 0 Å². The van der Waals surface area contributed by atoms with Gasteiger partial charge in [0, 0.05) is 36.0 Å². The Kier molecular flexibility index (Phi) is 3.63. The minimum atomic E-state index is -3.85. The Hall–Kier alpha value is -1.47. The Balaban J connectivity index is 2.14. The van der Waals surface area contributed by atoms with Crippen LogP contribution in [0, 0.1) is 0 Å². The highest BCUT2D eigenvalue weighted by molar-refractivity contribution is 8.13. The minimum absolute atomic E-state index is 0.236. The lowest BCUT2D eigenvalue weighted by atomic mass is 10.2. The van der Waals surface area contributed by atoms with E-state index >= 15 is 0 Å². The number of aromatic nitrogens is 4. The predicted molar refractivity (Wildman–Crippen MR) is 65.7 cm³/mol. The molecule has 8 heteroatoms. The van der Waals surface area contributed by atoms with E-state index in [0.717, 1.165) is 5.69 Å². The first-order chi connectivity index (χ1) is 8.48. The molecule has 0 aliphatic carbocycles. The SMILES string of the molecule is Cn1c(CCc2ccccn2)nnc1S(=O)(=O)Cl. The molecule has 0 saturated carbocycles. The number of rotatable bonds is 4. The molecule has 6 nitrogen and oxygen atoms in total. The highest BCUT2D eigenvalue weighted by Crippen LogP contribution is 2.13. The monoisotopic (exact) mass is 286 g/mol. The first-order valence-corrected chi connectivity index (χ1v) is 7.52. The van der Waals surface area contributed by atoms with E-state index in [0.29, 0.717) is 18.7 Å². The van der Waals surface area contributed by atoms with E-state index in [-0.39, 0.29) is 5.16 Å². The molecule has 96 valence electrons. The number of pyridine rings is 1. The van der Waals surface area contributed by atoms with E-state index in [1.807, 2.05) is 18.2 Å². The summed E-state index contributed by atoms with van der Waals surface area (Å²) in [5.41, 5.74) is 0.913. The van der Waals surface area contributed by atoms with Gasteiger partial charge in [0.05, 0.1) is 0 Å². The minimum Gasteiger partial charge on any atom is -0.304 e. The van der Waals surface area contributed by atoms with Gasteiger partial charge in [-0.2, -0.15) is 0 Å². The lowest BCUT2D eigenvalue weighted by Crippen LogP contribution is -2.06. The summed E-state index contributed by atoms with van der Waals surface area (Å²) < 4.78 is 23.7. The average molecular weight is 287 g/mol. The molecule has 0 aliphatic rings. The smallest absolute Gasteiger partial charge is 0.296 e. The van der Waals surface area contributed by atoms with Crippen LogP contribution in [0.5, 0.6) is 0 Å². The maximum absolute atomic E-state index is 11.2. The van der Waals surface area contributed by atoms with Gasteiger partial charge < -0.3 is 4.57 Å². The van der Waals surface area contributed by atoms with Crippen molar-refractivity contribution in [1.29, 1.82) is 0 Å². The van der Waals surface area contributed by atoms with Crippen molar-refractivity contribution in [3.05, 3.63) is 35.9 Å². The van der Waals surface area contributed by atoms with Gasteiger partial charge in [-0.05, 0) is 18.6 Å². The van der Waals surface area contributed by atoms with Gasteiger partial charge in [-0.3, -0.25) is 4.98 Å². The van der Waals surface area contributed by atoms with Gasteiger partial charge in [0.2, 0.25) is 0 Å². The molecule has 18 heavy (non-hydrogen) atoms. The van der Waals surface area contributed by atoms with Gasteiger partial charge in [-0.15, -0.1) is 10.2 Å². The third-order valence-corrected chi connectivity index (χ3v) is 3.68. The first kappa shape index (κ1) is 13.0. The molecular weight excluding hydrogens is 276 g/mol. The average Bonchev–Trinajstić information content (AvgIpc) is 2.69. The summed E-state index contributed by atoms with van der Waals surface area (Å²) in [6.07, 6.45) is 2.92. The second-order valence-electron chi connectivity index (χ2n) is 3.72. The summed E-state index contributed by atoms with van der Waals surface area (Å²) in [6.45, 7) is 0. The normalized spacial score (nSPS) is 11.7. The van der Waals surface area contributed by atoms with E-state index in [4.69, 9.17) is 10.7 Å². The second-order valence-corrected chi connectivity index (χ2v) is 6.18. The van der Waals surface area contributed by atoms with Crippen LogP contribution >= 0.6 is 10.7 Å². The molecule has 2 aromatic heterocycles. The molecule has 2 aromatic rings. The molecule has 2 rings (SSSR count). The van der Waals surface area contributed by atoms with Crippen LogP contribution in [0.1, 0.15) is 11.5 Å². The van der Waals surface area contributed by atoms with Crippen molar-refractivity contribution in [2.45, 2.75) is 18.0 Å². The Morgan fingerprint density at radius 3 is 2.61 bits per heavy atom. The van der Waals surface area contributed by atoms with Crippen LogP contribution in [0.3, 0.4) is 0 Å².